The maximum absolute atomic E-state index is 12.4. The Morgan fingerprint density at radius 2 is 1.85 bits per heavy atom. The summed E-state index contributed by atoms with van der Waals surface area (Å²) in [5.41, 5.74) is 3.80. The number of amides is 1. The van der Waals surface area contributed by atoms with Gasteiger partial charge in [-0.3, -0.25) is 4.79 Å². The first-order chi connectivity index (χ1) is 12.5. The number of phenols is 1. The van der Waals surface area contributed by atoms with Crippen molar-refractivity contribution in [1.82, 2.24) is 4.90 Å². The first-order valence-electron chi connectivity index (χ1n) is 9.05. The lowest BCUT2D eigenvalue weighted by Crippen LogP contribution is -2.49. The van der Waals surface area contributed by atoms with Gasteiger partial charge < -0.3 is 19.6 Å². The fraction of sp³-hybridized carbons (Fsp3) is 0.381. The first-order valence-corrected chi connectivity index (χ1v) is 9.05. The smallest absolute Gasteiger partial charge is 0.226 e. The molecule has 0 saturated carbocycles. The van der Waals surface area contributed by atoms with Crippen LogP contribution in [0.15, 0.2) is 42.5 Å². The Hall–Kier alpha value is -2.69. The number of benzene rings is 2. The minimum Gasteiger partial charge on any atom is -0.508 e. The van der Waals surface area contributed by atoms with Crippen molar-refractivity contribution >= 4 is 11.6 Å². The summed E-state index contributed by atoms with van der Waals surface area (Å²) in [4.78, 5) is 16.7. The number of carbonyl (C=O) groups is 1. The number of piperazine rings is 1. The van der Waals surface area contributed by atoms with Gasteiger partial charge in [-0.1, -0.05) is 18.2 Å². The number of anilines is 1. The zero-order valence-corrected chi connectivity index (χ0v) is 15.4. The van der Waals surface area contributed by atoms with Crippen LogP contribution in [0.25, 0.3) is 0 Å². The van der Waals surface area contributed by atoms with Crippen LogP contribution in [0.2, 0.25) is 0 Å². The molecule has 0 spiro atoms. The van der Waals surface area contributed by atoms with Gasteiger partial charge in [0.25, 0.3) is 0 Å². The number of ether oxygens (including phenoxy) is 1. The predicted octanol–water partition coefficient (Wildman–Crippen LogP) is 3.13. The van der Waals surface area contributed by atoms with Crippen molar-refractivity contribution in [3.63, 3.8) is 0 Å². The van der Waals surface area contributed by atoms with E-state index in [0.29, 0.717) is 18.8 Å². The van der Waals surface area contributed by atoms with Crippen molar-refractivity contribution in [3.05, 3.63) is 53.6 Å². The molecule has 5 nitrogen and oxygen atoms in total. The molecule has 2 aromatic rings. The number of rotatable bonds is 5. The normalized spacial score (nSPS) is 14.4. The molecule has 2 aromatic carbocycles. The van der Waals surface area contributed by atoms with E-state index in [1.807, 2.05) is 4.90 Å². The molecule has 1 aliphatic heterocycles. The summed E-state index contributed by atoms with van der Waals surface area (Å²) in [6.07, 6.45) is 0.346. The van der Waals surface area contributed by atoms with Crippen molar-refractivity contribution in [1.29, 1.82) is 0 Å². The van der Waals surface area contributed by atoms with Crippen molar-refractivity contribution in [2.75, 3.05) is 37.7 Å². The van der Waals surface area contributed by atoms with E-state index in [2.05, 4.69) is 36.9 Å². The topological polar surface area (TPSA) is 53.0 Å². The number of phenolic OH excluding ortho intramolecular Hbond substituents is 1. The molecule has 0 radical (unpaired) electrons. The molecule has 0 atom stereocenters. The molecule has 26 heavy (non-hydrogen) atoms. The number of hydrogen-bond donors (Lipinski definition) is 1. The van der Waals surface area contributed by atoms with Gasteiger partial charge in [-0.2, -0.15) is 0 Å². The van der Waals surface area contributed by atoms with Crippen LogP contribution in [-0.2, 0) is 4.79 Å². The highest BCUT2D eigenvalue weighted by molar-refractivity contribution is 5.76. The largest absolute Gasteiger partial charge is 0.508 e. The molecule has 3 rings (SSSR count). The maximum Gasteiger partial charge on any atom is 0.226 e. The fourth-order valence-electron chi connectivity index (χ4n) is 3.24. The summed E-state index contributed by atoms with van der Waals surface area (Å²) in [6, 6.07) is 13.1. The standard InChI is InChI=1S/C21H26N2O3/c1-16-6-7-17(2)20(14-16)22-9-11-23(12-10-22)21(25)8-13-26-19-5-3-4-18(24)15-19/h3-7,14-15,24H,8-13H2,1-2H3. The van der Waals surface area contributed by atoms with Gasteiger partial charge in [0.05, 0.1) is 13.0 Å². The number of aromatic hydroxyl groups is 1. The molecule has 1 heterocycles. The molecule has 1 aliphatic rings. The van der Waals surface area contributed by atoms with Gasteiger partial charge in [-0.05, 0) is 43.2 Å². The number of hydrogen-bond acceptors (Lipinski definition) is 4. The minimum absolute atomic E-state index is 0.116. The average molecular weight is 354 g/mol. The van der Waals surface area contributed by atoms with E-state index in [4.69, 9.17) is 4.74 Å². The third-order valence-corrected chi connectivity index (χ3v) is 4.74. The van der Waals surface area contributed by atoms with Gasteiger partial charge in [0.2, 0.25) is 5.91 Å². The van der Waals surface area contributed by atoms with Crippen molar-refractivity contribution in [2.24, 2.45) is 0 Å². The van der Waals surface area contributed by atoms with Gasteiger partial charge in [0, 0.05) is 37.9 Å². The average Bonchev–Trinajstić information content (AvgIpc) is 2.64. The Labute approximate surface area is 154 Å². The summed E-state index contributed by atoms with van der Waals surface area (Å²) < 4.78 is 5.55. The Morgan fingerprint density at radius 1 is 1.08 bits per heavy atom. The van der Waals surface area contributed by atoms with Crippen LogP contribution in [0.3, 0.4) is 0 Å². The second kappa shape index (κ2) is 8.13. The second-order valence-electron chi connectivity index (χ2n) is 6.75. The quantitative estimate of drug-likeness (QED) is 0.896. The van der Waals surface area contributed by atoms with Gasteiger partial charge >= 0.3 is 0 Å². The number of nitrogens with zero attached hydrogens (tertiary/aromatic N) is 2. The molecule has 1 amide bonds. The molecule has 0 aliphatic carbocycles. The SMILES string of the molecule is Cc1ccc(C)c(N2CCN(C(=O)CCOc3cccc(O)c3)CC2)c1. The minimum atomic E-state index is 0.116. The lowest BCUT2D eigenvalue weighted by Gasteiger charge is -2.37. The van der Waals surface area contributed by atoms with Gasteiger partial charge in [-0.15, -0.1) is 0 Å². The molecule has 0 unspecified atom stereocenters. The summed E-state index contributed by atoms with van der Waals surface area (Å²) in [5.74, 6) is 0.861. The molecular weight excluding hydrogens is 328 g/mol. The Bertz CT molecular complexity index is 768. The molecule has 0 bridgehead atoms. The van der Waals surface area contributed by atoms with Crippen molar-refractivity contribution in [2.45, 2.75) is 20.3 Å². The van der Waals surface area contributed by atoms with E-state index in [1.54, 1.807) is 24.3 Å². The molecular formula is C21H26N2O3. The van der Waals surface area contributed by atoms with E-state index >= 15 is 0 Å². The monoisotopic (exact) mass is 354 g/mol. The van der Waals surface area contributed by atoms with Crippen molar-refractivity contribution in [3.8, 4) is 11.5 Å². The number of aryl methyl sites for hydroxylation is 2. The molecule has 1 N–H and O–H groups in total. The summed E-state index contributed by atoms with van der Waals surface area (Å²) >= 11 is 0. The fourth-order valence-corrected chi connectivity index (χ4v) is 3.24. The first kappa shape index (κ1) is 18.1. The summed E-state index contributed by atoms with van der Waals surface area (Å²) in [6.45, 7) is 7.73. The van der Waals surface area contributed by atoms with E-state index < -0.39 is 0 Å². The molecule has 1 fully saturated rings. The van der Waals surface area contributed by atoms with E-state index in [9.17, 15) is 9.90 Å². The van der Waals surface area contributed by atoms with Crippen LogP contribution in [0.4, 0.5) is 5.69 Å². The van der Waals surface area contributed by atoms with E-state index in [-0.39, 0.29) is 11.7 Å². The van der Waals surface area contributed by atoms with Crippen LogP contribution >= 0.6 is 0 Å². The summed E-state index contributed by atoms with van der Waals surface area (Å²) in [5, 5.41) is 9.42. The lowest BCUT2D eigenvalue weighted by molar-refractivity contribution is -0.132. The highest BCUT2D eigenvalue weighted by atomic mass is 16.5. The lowest BCUT2D eigenvalue weighted by atomic mass is 10.1. The van der Waals surface area contributed by atoms with E-state index in [0.717, 1.165) is 26.2 Å². The van der Waals surface area contributed by atoms with Crippen LogP contribution in [0, 0.1) is 13.8 Å². The molecule has 138 valence electrons. The van der Waals surface area contributed by atoms with E-state index in [1.165, 1.54) is 16.8 Å². The van der Waals surface area contributed by atoms with Gasteiger partial charge in [0.1, 0.15) is 11.5 Å². The number of carbonyl (C=O) groups excluding carboxylic acids is 1. The highest BCUT2D eigenvalue weighted by Crippen LogP contribution is 2.23. The maximum atomic E-state index is 12.4. The Balaban J connectivity index is 1.47. The highest BCUT2D eigenvalue weighted by Gasteiger charge is 2.22. The molecule has 1 saturated heterocycles. The Kier molecular flexibility index (Phi) is 5.66. The summed E-state index contributed by atoms with van der Waals surface area (Å²) in [7, 11) is 0. The Morgan fingerprint density at radius 3 is 2.58 bits per heavy atom. The second-order valence-corrected chi connectivity index (χ2v) is 6.75. The van der Waals surface area contributed by atoms with Gasteiger partial charge in [-0.25, -0.2) is 0 Å². The van der Waals surface area contributed by atoms with Gasteiger partial charge in [0.15, 0.2) is 0 Å². The zero-order valence-electron chi connectivity index (χ0n) is 15.4. The zero-order chi connectivity index (χ0) is 18.5. The van der Waals surface area contributed by atoms with Crippen LogP contribution in [-0.4, -0.2) is 48.7 Å². The van der Waals surface area contributed by atoms with Crippen LogP contribution in [0.5, 0.6) is 11.5 Å². The molecule has 5 heteroatoms. The van der Waals surface area contributed by atoms with Crippen LogP contribution < -0.4 is 9.64 Å². The predicted molar refractivity (Wildman–Crippen MR) is 103 cm³/mol. The third-order valence-electron chi connectivity index (χ3n) is 4.74. The van der Waals surface area contributed by atoms with Crippen molar-refractivity contribution < 1.29 is 14.6 Å². The third kappa shape index (κ3) is 4.48. The molecule has 0 aromatic heterocycles. The van der Waals surface area contributed by atoms with Crippen LogP contribution in [0.1, 0.15) is 17.5 Å².